The summed E-state index contributed by atoms with van der Waals surface area (Å²) in [5.74, 6) is 0.752. The summed E-state index contributed by atoms with van der Waals surface area (Å²) >= 11 is 0. The molecular formula is C23H25N3O3. The zero-order chi connectivity index (χ0) is 20.1. The van der Waals surface area contributed by atoms with Gasteiger partial charge in [0.25, 0.3) is 0 Å². The number of benzene rings is 2. The van der Waals surface area contributed by atoms with Crippen LogP contribution in [0.4, 0.5) is 10.5 Å². The van der Waals surface area contributed by atoms with Crippen molar-refractivity contribution in [3.8, 4) is 5.75 Å². The first-order valence-corrected chi connectivity index (χ1v) is 10.0. The molecule has 2 amide bonds. The number of β-amino-alcohol motifs (C(OH)–C–C–N with tert-alkyl or cyclic N) is 1. The molecule has 0 spiro atoms. The van der Waals surface area contributed by atoms with E-state index in [1.807, 2.05) is 24.3 Å². The lowest BCUT2D eigenvalue weighted by molar-refractivity contribution is 0.0319. The first-order chi connectivity index (χ1) is 14.1. The number of hydrogen-bond acceptors (Lipinski definition) is 3. The maximum absolute atomic E-state index is 13.1. The van der Waals surface area contributed by atoms with Crippen molar-refractivity contribution in [3.05, 3.63) is 59.8 Å². The lowest BCUT2D eigenvalue weighted by Crippen LogP contribution is -2.55. The number of aromatic nitrogens is 1. The Bertz CT molecular complexity index is 1090. The number of aliphatic hydroxyl groups is 1. The Hall–Kier alpha value is -2.99. The molecule has 3 atom stereocenters. The third-order valence-corrected chi connectivity index (χ3v) is 6.45. The second kappa shape index (κ2) is 6.81. The molecule has 1 fully saturated rings. The van der Waals surface area contributed by atoms with Gasteiger partial charge in [0.15, 0.2) is 0 Å². The quantitative estimate of drug-likeness (QED) is 0.703. The highest BCUT2D eigenvalue weighted by Crippen LogP contribution is 2.44. The van der Waals surface area contributed by atoms with Crippen LogP contribution in [0.25, 0.3) is 10.9 Å². The van der Waals surface area contributed by atoms with Crippen molar-refractivity contribution in [1.29, 1.82) is 0 Å². The second-order valence-corrected chi connectivity index (χ2v) is 8.02. The third-order valence-electron chi connectivity index (χ3n) is 6.45. The molecule has 2 heterocycles. The highest BCUT2D eigenvalue weighted by molar-refractivity contribution is 5.90. The topological polar surface area (TPSA) is 66.7 Å². The summed E-state index contributed by atoms with van der Waals surface area (Å²) in [6, 6.07) is 15.6. The minimum absolute atomic E-state index is 0.0574. The number of aliphatic hydroxyl groups excluding tert-OH is 1. The molecule has 1 aliphatic heterocycles. The Labute approximate surface area is 169 Å². The molecular weight excluding hydrogens is 366 g/mol. The van der Waals surface area contributed by atoms with Crippen LogP contribution in [0.5, 0.6) is 5.75 Å². The van der Waals surface area contributed by atoms with Crippen LogP contribution in [0.1, 0.15) is 23.6 Å². The summed E-state index contributed by atoms with van der Waals surface area (Å²) in [6.45, 7) is 0.339. The molecule has 2 N–H and O–H groups in total. The van der Waals surface area contributed by atoms with Gasteiger partial charge in [0.1, 0.15) is 5.75 Å². The Kier molecular flexibility index (Phi) is 4.24. The van der Waals surface area contributed by atoms with E-state index >= 15 is 0 Å². The zero-order valence-corrected chi connectivity index (χ0v) is 16.6. The van der Waals surface area contributed by atoms with Gasteiger partial charge in [0.05, 0.1) is 13.2 Å². The molecule has 1 aliphatic carbocycles. The summed E-state index contributed by atoms with van der Waals surface area (Å²) in [7, 11) is 3.68. The fourth-order valence-electron chi connectivity index (χ4n) is 5.10. The smallest absolute Gasteiger partial charge is 0.322 e. The molecule has 3 aromatic rings. The number of urea groups is 1. The molecule has 0 unspecified atom stereocenters. The highest BCUT2D eigenvalue weighted by atomic mass is 16.5. The second-order valence-electron chi connectivity index (χ2n) is 8.02. The maximum atomic E-state index is 13.1. The van der Waals surface area contributed by atoms with Crippen molar-refractivity contribution in [2.75, 3.05) is 19.0 Å². The van der Waals surface area contributed by atoms with Crippen LogP contribution in [0.2, 0.25) is 0 Å². The van der Waals surface area contributed by atoms with Crippen molar-refractivity contribution in [2.45, 2.75) is 30.9 Å². The van der Waals surface area contributed by atoms with E-state index in [4.69, 9.17) is 4.74 Å². The minimum Gasteiger partial charge on any atom is -0.497 e. The summed E-state index contributed by atoms with van der Waals surface area (Å²) in [4.78, 5) is 14.8. The van der Waals surface area contributed by atoms with Gasteiger partial charge < -0.3 is 24.6 Å². The molecule has 2 aromatic carbocycles. The number of aryl methyl sites for hydroxylation is 1. The Morgan fingerprint density at radius 3 is 2.86 bits per heavy atom. The molecule has 5 rings (SSSR count). The van der Waals surface area contributed by atoms with E-state index in [2.05, 4.69) is 35.1 Å². The number of para-hydroxylation sites is 1. The largest absolute Gasteiger partial charge is 0.497 e. The number of ether oxygens (including phenoxy) is 1. The summed E-state index contributed by atoms with van der Waals surface area (Å²) in [5, 5.41) is 15.1. The minimum atomic E-state index is -0.579. The molecule has 29 heavy (non-hydrogen) atoms. The molecule has 6 heteroatoms. The van der Waals surface area contributed by atoms with Gasteiger partial charge in [0.2, 0.25) is 0 Å². The van der Waals surface area contributed by atoms with Crippen molar-refractivity contribution in [2.24, 2.45) is 7.05 Å². The number of likely N-dealkylation sites (tertiary alicyclic amines) is 1. The average Bonchev–Trinajstić information content (AvgIpc) is 3.03. The molecule has 1 saturated heterocycles. The normalized spacial score (nSPS) is 23.0. The Morgan fingerprint density at radius 2 is 2.03 bits per heavy atom. The number of nitrogens with one attached hydrogen (secondary N) is 1. The van der Waals surface area contributed by atoms with Crippen molar-refractivity contribution >= 4 is 22.6 Å². The van der Waals surface area contributed by atoms with Crippen LogP contribution in [-0.2, 0) is 13.5 Å². The average molecular weight is 391 g/mol. The van der Waals surface area contributed by atoms with E-state index in [0.717, 1.165) is 12.8 Å². The van der Waals surface area contributed by atoms with E-state index in [1.54, 1.807) is 18.1 Å². The van der Waals surface area contributed by atoms with Gasteiger partial charge in [-0.1, -0.05) is 24.3 Å². The van der Waals surface area contributed by atoms with E-state index in [9.17, 15) is 9.90 Å². The number of hydrogen-bond donors (Lipinski definition) is 2. The summed E-state index contributed by atoms with van der Waals surface area (Å²) < 4.78 is 7.46. The Morgan fingerprint density at radius 1 is 1.21 bits per heavy atom. The van der Waals surface area contributed by atoms with Gasteiger partial charge in [-0.15, -0.1) is 0 Å². The van der Waals surface area contributed by atoms with Crippen molar-refractivity contribution in [1.82, 2.24) is 9.47 Å². The van der Waals surface area contributed by atoms with Gasteiger partial charge in [-0.2, -0.15) is 0 Å². The predicted molar refractivity (Wildman–Crippen MR) is 112 cm³/mol. The number of fused-ring (bicyclic) bond motifs is 6. The molecule has 6 nitrogen and oxygen atoms in total. The molecule has 0 saturated carbocycles. The standard InChI is InChI=1S/C23H25N3O3/c1-25-20-9-4-3-8-17(20)18-11-15-12-19(22(18)25)21(27)13-26(15)23(28)24-14-6-5-7-16(10-14)29-2/h3-10,15,19,21,27H,11-13H2,1-2H3,(H,24,28)/t15-,19+,21+/m1/s1. The molecule has 0 radical (unpaired) electrons. The maximum Gasteiger partial charge on any atom is 0.322 e. The molecule has 150 valence electrons. The number of anilines is 1. The Balaban J connectivity index is 1.46. The van der Waals surface area contributed by atoms with Gasteiger partial charge in [0, 0.05) is 53.9 Å². The van der Waals surface area contributed by atoms with Crippen molar-refractivity contribution < 1.29 is 14.6 Å². The van der Waals surface area contributed by atoms with Gasteiger partial charge in [-0.05, 0) is 36.6 Å². The van der Waals surface area contributed by atoms with Gasteiger partial charge in [-0.3, -0.25) is 0 Å². The number of rotatable bonds is 2. The predicted octanol–water partition coefficient (Wildman–Crippen LogP) is 3.49. The number of methoxy groups -OCH3 is 1. The van der Waals surface area contributed by atoms with E-state index < -0.39 is 6.10 Å². The highest BCUT2D eigenvalue weighted by Gasteiger charge is 2.44. The number of carbonyl (C=O) groups is 1. The van der Waals surface area contributed by atoms with E-state index in [-0.39, 0.29) is 18.0 Å². The van der Waals surface area contributed by atoms with Crippen molar-refractivity contribution in [3.63, 3.8) is 0 Å². The lowest BCUT2D eigenvalue weighted by Gasteiger charge is -2.45. The monoisotopic (exact) mass is 391 g/mol. The lowest BCUT2D eigenvalue weighted by atomic mass is 9.76. The number of nitrogens with zero attached hydrogens (tertiary/aromatic N) is 2. The number of carbonyl (C=O) groups excluding carboxylic acids is 1. The van der Waals surface area contributed by atoms with Crippen LogP contribution in [0.3, 0.4) is 0 Å². The van der Waals surface area contributed by atoms with E-state index in [0.29, 0.717) is 18.0 Å². The van der Waals surface area contributed by atoms with Crippen LogP contribution in [-0.4, -0.2) is 46.4 Å². The fourth-order valence-corrected chi connectivity index (χ4v) is 5.10. The van der Waals surface area contributed by atoms with Crippen LogP contribution < -0.4 is 10.1 Å². The van der Waals surface area contributed by atoms with E-state index in [1.165, 1.54) is 22.2 Å². The first-order valence-electron chi connectivity index (χ1n) is 10.0. The molecule has 2 bridgehead atoms. The molecule has 2 aliphatic rings. The molecule has 1 aromatic heterocycles. The SMILES string of the molecule is COc1cccc(NC(=O)N2C[C@H](O)[C@@H]3C[C@H]2Cc2c3n(C)c3ccccc23)c1. The first kappa shape index (κ1) is 18.1. The summed E-state index contributed by atoms with van der Waals surface area (Å²) in [5.41, 5.74) is 4.36. The number of amides is 2. The zero-order valence-electron chi connectivity index (χ0n) is 16.6. The third kappa shape index (κ3) is 2.86. The fraction of sp³-hybridized carbons (Fsp3) is 0.348. The summed E-state index contributed by atoms with van der Waals surface area (Å²) in [6.07, 6.45) is 1.01. The van der Waals surface area contributed by atoms with Gasteiger partial charge >= 0.3 is 6.03 Å². The van der Waals surface area contributed by atoms with Crippen LogP contribution in [0.15, 0.2) is 48.5 Å². The van der Waals surface area contributed by atoms with Crippen LogP contribution >= 0.6 is 0 Å². The van der Waals surface area contributed by atoms with Gasteiger partial charge in [-0.25, -0.2) is 4.79 Å². The van der Waals surface area contributed by atoms with Crippen LogP contribution in [0, 0.1) is 0 Å². The number of piperidine rings is 1.